The average molecular weight is 376 g/mol. The highest BCUT2D eigenvalue weighted by Crippen LogP contribution is 2.36. The first-order valence-corrected chi connectivity index (χ1v) is 7.80. The summed E-state index contributed by atoms with van der Waals surface area (Å²) in [7, 11) is -0.284. The summed E-state index contributed by atoms with van der Waals surface area (Å²) in [5, 5.41) is 0. The summed E-state index contributed by atoms with van der Waals surface area (Å²) in [5.74, 6) is 0. The van der Waals surface area contributed by atoms with E-state index in [1.807, 2.05) is 12.1 Å². The molecule has 1 aliphatic heterocycles. The molecular weight excluding hydrogens is 359 g/mol. The van der Waals surface area contributed by atoms with Gasteiger partial charge in [-0.15, -0.1) is 0 Å². The molecule has 0 amide bonds. The number of hydrogen-bond donors (Lipinski definition) is 0. The van der Waals surface area contributed by atoms with Crippen molar-refractivity contribution in [2.24, 2.45) is 0 Å². The first-order chi connectivity index (χ1) is 8.23. The molecule has 1 saturated heterocycles. The minimum Gasteiger partial charge on any atom is -0.399 e. The molecule has 0 aromatic heterocycles. The van der Waals surface area contributed by atoms with Crippen molar-refractivity contribution in [1.82, 2.24) is 0 Å². The van der Waals surface area contributed by atoms with Crippen LogP contribution in [0.2, 0.25) is 0 Å². The Morgan fingerprint density at radius 1 is 0.944 bits per heavy atom. The maximum absolute atomic E-state index is 6.00. The Bertz CT molecular complexity index is 413. The summed E-state index contributed by atoms with van der Waals surface area (Å²) in [6, 6.07) is 8.23. The predicted molar refractivity (Wildman–Crippen MR) is 82.8 cm³/mol. The minimum atomic E-state index is -0.288. The van der Waals surface area contributed by atoms with Crippen molar-refractivity contribution in [3.8, 4) is 0 Å². The molecule has 5 heteroatoms. The van der Waals surface area contributed by atoms with Crippen LogP contribution in [-0.2, 0) is 9.31 Å². The molecule has 18 heavy (non-hydrogen) atoms. The molecule has 0 radical (unpaired) electrons. The maximum atomic E-state index is 6.00. The second-order valence-electron chi connectivity index (χ2n) is 5.56. The molecule has 0 saturated carbocycles. The number of alkyl halides is 2. The van der Waals surface area contributed by atoms with E-state index in [0.29, 0.717) is 0 Å². The van der Waals surface area contributed by atoms with Crippen LogP contribution in [0.25, 0.3) is 0 Å². The van der Waals surface area contributed by atoms with Gasteiger partial charge in [-0.2, -0.15) is 0 Å². The molecular formula is C13H17BBr2O2. The molecule has 2 rings (SSSR count). The molecule has 1 fully saturated rings. The summed E-state index contributed by atoms with van der Waals surface area (Å²) in [6.45, 7) is 8.26. The Labute approximate surface area is 126 Å². The topological polar surface area (TPSA) is 18.5 Å². The molecule has 0 aliphatic carbocycles. The van der Waals surface area contributed by atoms with E-state index in [1.54, 1.807) is 0 Å². The second kappa shape index (κ2) is 4.93. The van der Waals surface area contributed by atoms with Gasteiger partial charge in [0.2, 0.25) is 0 Å². The molecule has 1 heterocycles. The monoisotopic (exact) mass is 374 g/mol. The van der Waals surface area contributed by atoms with Crippen molar-refractivity contribution in [2.45, 2.75) is 42.6 Å². The number of hydrogen-bond acceptors (Lipinski definition) is 2. The first kappa shape index (κ1) is 14.6. The smallest absolute Gasteiger partial charge is 0.399 e. The largest absolute Gasteiger partial charge is 0.494 e. The fourth-order valence-electron chi connectivity index (χ4n) is 1.78. The van der Waals surface area contributed by atoms with Gasteiger partial charge < -0.3 is 9.31 Å². The molecule has 1 aliphatic rings. The van der Waals surface area contributed by atoms with Gasteiger partial charge in [0.05, 0.1) is 14.9 Å². The lowest BCUT2D eigenvalue weighted by Crippen LogP contribution is -2.41. The summed E-state index contributed by atoms with van der Waals surface area (Å²) >= 11 is 6.96. The maximum Gasteiger partial charge on any atom is 0.494 e. The lowest BCUT2D eigenvalue weighted by Gasteiger charge is -2.32. The zero-order valence-corrected chi connectivity index (χ0v) is 14.2. The first-order valence-electron chi connectivity index (χ1n) is 5.96. The van der Waals surface area contributed by atoms with Gasteiger partial charge in [-0.25, -0.2) is 0 Å². The van der Waals surface area contributed by atoms with Gasteiger partial charge in [0.1, 0.15) is 0 Å². The number of benzene rings is 1. The molecule has 0 unspecified atom stereocenters. The highest BCUT2D eigenvalue weighted by molar-refractivity contribution is 9.24. The minimum absolute atomic E-state index is 0.178. The third-order valence-electron chi connectivity index (χ3n) is 3.71. The zero-order chi connectivity index (χ0) is 13.6. The van der Waals surface area contributed by atoms with Gasteiger partial charge in [-0.05, 0) is 38.7 Å². The van der Waals surface area contributed by atoms with Crippen LogP contribution >= 0.6 is 31.9 Å². The van der Waals surface area contributed by atoms with Crippen LogP contribution in [-0.4, -0.2) is 18.3 Å². The fourth-order valence-corrected chi connectivity index (χ4v) is 2.39. The highest BCUT2D eigenvalue weighted by Gasteiger charge is 2.51. The molecule has 98 valence electrons. The van der Waals surface area contributed by atoms with Gasteiger partial charge in [0.25, 0.3) is 0 Å². The van der Waals surface area contributed by atoms with Crippen LogP contribution in [0.3, 0.4) is 0 Å². The van der Waals surface area contributed by atoms with Crippen LogP contribution in [0.15, 0.2) is 24.3 Å². The van der Waals surface area contributed by atoms with Crippen molar-refractivity contribution >= 4 is 44.4 Å². The van der Waals surface area contributed by atoms with E-state index in [2.05, 4.69) is 71.7 Å². The average Bonchev–Trinajstić information content (AvgIpc) is 2.48. The summed E-state index contributed by atoms with van der Waals surface area (Å²) < 4.78 is 12.2. The van der Waals surface area contributed by atoms with E-state index in [1.165, 1.54) is 5.56 Å². The molecule has 0 spiro atoms. The van der Waals surface area contributed by atoms with Crippen LogP contribution in [0.4, 0.5) is 0 Å². The Kier molecular flexibility index (Phi) is 3.99. The number of halogens is 2. The van der Waals surface area contributed by atoms with Gasteiger partial charge in [0, 0.05) is 0 Å². The summed E-state index contributed by atoms with van der Waals surface area (Å²) in [6.07, 6.45) is 0. The molecule has 1 aromatic carbocycles. The highest BCUT2D eigenvalue weighted by atomic mass is 79.9. The molecule has 0 bridgehead atoms. The fraction of sp³-hybridized carbons (Fsp3) is 0.538. The molecule has 1 aromatic rings. The normalized spacial score (nSPS) is 21.6. The third-order valence-corrected chi connectivity index (χ3v) is 4.77. The quantitative estimate of drug-likeness (QED) is 0.578. The van der Waals surface area contributed by atoms with E-state index in [4.69, 9.17) is 9.31 Å². The van der Waals surface area contributed by atoms with Crippen LogP contribution in [0, 0.1) is 0 Å². The molecule has 0 N–H and O–H groups in total. The van der Waals surface area contributed by atoms with Crippen molar-refractivity contribution in [3.63, 3.8) is 0 Å². The summed E-state index contributed by atoms with van der Waals surface area (Å²) in [5.41, 5.74) is 1.65. The molecule has 0 atom stereocenters. The second-order valence-corrected chi connectivity index (χ2v) is 8.62. The Balaban J connectivity index is 2.19. The van der Waals surface area contributed by atoms with Crippen LogP contribution in [0.5, 0.6) is 0 Å². The van der Waals surface area contributed by atoms with Crippen LogP contribution < -0.4 is 5.46 Å². The van der Waals surface area contributed by atoms with Gasteiger partial charge in [-0.3, -0.25) is 0 Å². The summed E-state index contributed by atoms with van der Waals surface area (Å²) in [4.78, 5) is 0. The lowest BCUT2D eigenvalue weighted by molar-refractivity contribution is 0.00578. The van der Waals surface area contributed by atoms with Gasteiger partial charge in [-0.1, -0.05) is 56.1 Å². The van der Waals surface area contributed by atoms with Crippen molar-refractivity contribution in [1.29, 1.82) is 0 Å². The Hall–Kier alpha value is 0.165. The van der Waals surface area contributed by atoms with Crippen molar-refractivity contribution in [3.05, 3.63) is 29.8 Å². The van der Waals surface area contributed by atoms with E-state index in [0.717, 1.165) is 5.46 Å². The predicted octanol–water partition coefficient (Wildman–Crippen LogP) is 3.77. The lowest BCUT2D eigenvalue weighted by atomic mass is 9.79. The van der Waals surface area contributed by atoms with Gasteiger partial charge in [0.15, 0.2) is 0 Å². The van der Waals surface area contributed by atoms with Gasteiger partial charge >= 0.3 is 7.12 Å². The van der Waals surface area contributed by atoms with Crippen molar-refractivity contribution in [2.75, 3.05) is 0 Å². The standard InChI is InChI=1S/C13H17BBr2O2/c1-12(2)13(3,4)18-14(17-12)10-7-5-9(6-8-10)11(15)16/h5-8,11H,1-4H3. The van der Waals surface area contributed by atoms with E-state index >= 15 is 0 Å². The zero-order valence-electron chi connectivity index (χ0n) is 11.0. The Morgan fingerprint density at radius 2 is 1.39 bits per heavy atom. The SMILES string of the molecule is CC1(C)OB(c2ccc(C(Br)Br)cc2)OC1(C)C. The number of rotatable bonds is 2. The Morgan fingerprint density at radius 3 is 1.78 bits per heavy atom. The van der Waals surface area contributed by atoms with E-state index in [-0.39, 0.29) is 22.1 Å². The van der Waals surface area contributed by atoms with Crippen molar-refractivity contribution < 1.29 is 9.31 Å². The van der Waals surface area contributed by atoms with E-state index < -0.39 is 0 Å². The van der Waals surface area contributed by atoms with Crippen LogP contribution in [0.1, 0.15) is 37.0 Å². The molecule has 2 nitrogen and oxygen atoms in total. The van der Waals surface area contributed by atoms with E-state index in [9.17, 15) is 0 Å². The third kappa shape index (κ3) is 2.69.